The first kappa shape index (κ1) is 17.6. The van der Waals surface area contributed by atoms with Crippen LogP contribution in [0.25, 0.3) is 11.0 Å². The van der Waals surface area contributed by atoms with E-state index < -0.39 is 5.82 Å². The van der Waals surface area contributed by atoms with Crippen molar-refractivity contribution in [2.75, 3.05) is 36.5 Å². The zero-order valence-corrected chi connectivity index (χ0v) is 15.0. The molecule has 0 aliphatic carbocycles. The number of benzene rings is 1. The lowest BCUT2D eigenvalue weighted by molar-refractivity contribution is -0.116. The van der Waals surface area contributed by atoms with E-state index in [4.69, 9.17) is 16.3 Å². The van der Waals surface area contributed by atoms with Gasteiger partial charge in [0.15, 0.2) is 5.65 Å². The van der Waals surface area contributed by atoms with E-state index in [-0.39, 0.29) is 17.5 Å². The Morgan fingerprint density at radius 2 is 2.11 bits per heavy atom. The van der Waals surface area contributed by atoms with Gasteiger partial charge in [0.2, 0.25) is 5.91 Å². The van der Waals surface area contributed by atoms with Crippen molar-refractivity contribution in [2.45, 2.75) is 6.54 Å². The zero-order chi connectivity index (χ0) is 18.8. The molecule has 0 atom stereocenters. The summed E-state index contributed by atoms with van der Waals surface area (Å²) in [6.45, 7) is 2.69. The lowest BCUT2D eigenvalue weighted by Gasteiger charge is -2.27. The second-order valence-electron chi connectivity index (χ2n) is 6.01. The smallest absolute Gasteiger partial charge is 0.246 e. The Morgan fingerprint density at radius 3 is 2.89 bits per heavy atom. The Balaban J connectivity index is 1.54. The molecule has 140 valence electrons. The number of carbonyl (C=O) groups is 1. The second kappa shape index (κ2) is 7.45. The van der Waals surface area contributed by atoms with Crippen molar-refractivity contribution in [3.8, 4) is 0 Å². The van der Waals surface area contributed by atoms with Gasteiger partial charge in [-0.1, -0.05) is 11.6 Å². The van der Waals surface area contributed by atoms with Crippen molar-refractivity contribution >= 4 is 40.0 Å². The molecule has 3 aromatic rings. The van der Waals surface area contributed by atoms with Crippen LogP contribution >= 0.6 is 11.6 Å². The SMILES string of the molecule is O=C(Cn1ncc2c(N3CCOCC3)ncnc21)Nc1ccc(F)cc1Cl. The number of amides is 1. The molecule has 8 nitrogen and oxygen atoms in total. The highest BCUT2D eigenvalue weighted by Gasteiger charge is 2.19. The van der Waals surface area contributed by atoms with Crippen LogP contribution in [0.1, 0.15) is 0 Å². The third kappa shape index (κ3) is 3.69. The van der Waals surface area contributed by atoms with Gasteiger partial charge in [-0.25, -0.2) is 19.0 Å². The minimum absolute atomic E-state index is 0.0588. The number of morpholine rings is 1. The van der Waals surface area contributed by atoms with Gasteiger partial charge >= 0.3 is 0 Å². The van der Waals surface area contributed by atoms with Crippen molar-refractivity contribution in [1.82, 2.24) is 19.7 Å². The average molecular weight is 391 g/mol. The van der Waals surface area contributed by atoms with E-state index in [2.05, 4.69) is 25.3 Å². The van der Waals surface area contributed by atoms with E-state index in [1.807, 2.05) is 0 Å². The highest BCUT2D eigenvalue weighted by atomic mass is 35.5. The van der Waals surface area contributed by atoms with Crippen LogP contribution in [0.5, 0.6) is 0 Å². The summed E-state index contributed by atoms with van der Waals surface area (Å²) >= 11 is 5.94. The number of fused-ring (bicyclic) bond motifs is 1. The van der Waals surface area contributed by atoms with Crippen LogP contribution in [-0.2, 0) is 16.1 Å². The standard InChI is InChI=1S/C17H16ClFN6O2/c18-13-7-11(19)1-2-14(13)23-15(26)9-25-17-12(8-22-25)16(20-10-21-17)24-3-5-27-6-4-24/h1-2,7-8,10H,3-6,9H2,(H,23,26). The molecule has 4 rings (SSSR count). The topological polar surface area (TPSA) is 85.2 Å². The molecular formula is C17H16ClFN6O2. The number of anilines is 2. The molecule has 27 heavy (non-hydrogen) atoms. The largest absolute Gasteiger partial charge is 0.378 e. The van der Waals surface area contributed by atoms with Gasteiger partial charge < -0.3 is 15.0 Å². The zero-order valence-electron chi connectivity index (χ0n) is 14.2. The first-order valence-corrected chi connectivity index (χ1v) is 8.74. The van der Waals surface area contributed by atoms with Crippen molar-refractivity contribution in [2.24, 2.45) is 0 Å². The van der Waals surface area contributed by atoms with Crippen molar-refractivity contribution in [3.63, 3.8) is 0 Å². The molecule has 1 saturated heterocycles. The van der Waals surface area contributed by atoms with Crippen molar-refractivity contribution < 1.29 is 13.9 Å². The number of halogens is 2. The lowest BCUT2D eigenvalue weighted by atomic mass is 10.3. The van der Waals surface area contributed by atoms with Gasteiger partial charge in [-0.05, 0) is 18.2 Å². The Hall–Kier alpha value is -2.78. The summed E-state index contributed by atoms with van der Waals surface area (Å²) in [7, 11) is 0. The molecule has 0 saturated carbocycles. The van der Waals surface area contributed by atoms with E-state index in [0.29, 0.717) is 24.5 Å². The number of carbonyl (C=O) groups excluding carboxylic acids is 1. The molecule has 0 unspecified atom stereocenters. The molecule has 2 aromatic heterocycles. The molecule has 1 amide bonds. The van der Waals surface area contributed by atoms with Crippen LogP contribution in [0, 0.1) is 5.82 Å². The predicted molar refractivity (Wildman–Crippen MR) is 98.4 cm³/mol. The fourth-order valence-electron chi connectivity index (χ4n) is 2.94. The molecule has 3 heterocycles. The van der Waals surface area contributed by atoms with Gasteiger partial charge in [0, 0.05) is 13.1 Å². The van der Waals surface area contributed by atoms with Gasteiger partial charge in [-0.15, -0.1) is 0 Å². The number of rotatable bonds is 4. The minimum Gasteiger partial charge on any atom is -0.378 e. The van der Waals surface area contributed by atoms with Crippen LogP contribution < -0.4 is 10.2 Å². The van der Waals surface area contributed by atoms with E-state index in [0.717, 1.165) is 30.4 Å². The fraction of sp³-hybridized carbons (Fsp3) is 0.294. The van der Waals surface area contributed by atoms with Crippen molar-refractivity contribution in [1.29, 1.82) is 0 Å². The number of nitrogens with zero attached hydrogens (tertiary/aromatic N) is 5. The van der Waals surface area contributed by atoms with Gasteiger partial charge in [-0.2, -0.15) is 5.10 Å². The quantitative estimate of drug-likeness (QED) is 0.734. The minimum atomic E-state index is -0.469. The summed E-state index contributed by atoms with van der Waals surface area (Å²) in [5.41, 5.74) is 0.898. The molecule has 1 aliphatic rings. The predicted octanol–water partition coefficient (Wildman–Crippen LogP) is 2.09. The van der Waals surface area contributed by atoms with Crippen LogP contribution in [0.2, 0.25) is 5.02 Å². The van der Waals surface area contributed by atoms with Crippen LogP contribution in [0.4, 0.5) is 15.9 Å². The number of hydrogen-bond acceptors (Lipinski definition) is 6. The van der Waals surface area contributed by atoms with Gasteiger partial charge in [0.05, 0.1) is 35.5 Å². The Labute approximate surface area is 158 Å². The lowest BCUT2D eigenvalue weighted by Crippen LogP contribution is -2.36. The Kier molecular flexibility index (Phi) is 4.87. The van der Waals surface area contributed by atoms with Gasteiger partial charge in [0.25, 0.3) is 0 Å². The molecule has 0 radical (unpaired) electrons. The van der Waals surface area contributed by atoms with Crippen molar-refractivity contribution in [3.05, 3.63) is 41.6 Å². The molecule has 1 aromatic carbocycles. The normalized spacial score (nSPS) is 14.5. The van der Waals surface area contributed by atoms with Crippen LogP contribution in [0.3, 0.4) is 0 Å². The summed E-state index contributed by atoms with van der Waals surface area (Å²) in [6, 6.07) is 3.78. The fourth-order valence-corrected chi connectivity index (χ4v) is 3.15. The number of ether oxygens (including phenoxy) is 1. The number of nitrogens with one attached hydrogen (secondary N) is 1. The second-order valence-corrected chi connectivity index (χ2v) is 6.42. The summed E-state index contributed by atoms with van der Waals surface area (Å²) < 4.78 is 20.0. The van der Waals surface area contributed by atoms with Crippen LogP contribution in [0.15, 0.2) is 30.7 Å². The third-order valence-electron chi connectivity index (χ3n) is 4.22. The van der Waals surface area contributed by atoms with E-state index in [9.17, 15) is 9.18 Å². The van der Waals surface area contributed by atoms with E-state index in [1.165, 1.54) is 23.1 Å². The Bertz CT molecular complexity index is 989. The molecular weight excluding hydrogens is 375 g/mol. The first-order chi connectivity index (χ1) is 13.1. The molecule has 1 fully saturated rings. The molecule has 10 heteroatoms. The van der Waals surface area contributed by atoms with E-state index in [1.54, 1.807) is 6.20 Å². The highest BCUT2D eigenvalue weighted by molar-refractivity contribution is 6.33. The molecule has 0 bridgehead atoms. The monoisotopic (exact) mass is 390 g/mol. The maximum Gasteiger partial charge on any atom is 0.246 e. The number of hydrogen-bond donors (Lipinski definition) is 1. The van der Waals surface area contributed by atoms with Crippen LogP contribution in [-0.4, -0.2) is 52.0 Å². The maximum absolute atomic E-state index is 13.1. The van der Waals surface area contributed by atoms with Gasteiger partial charge in [0.1, 0.15) is 24.5 Å². The third-order valence-corrected chi connectivity index (χ3v) is 4.53. The van der Waals surface area contributed by atoms with Gasteiger partial charge in [-0.3, -0.25) is 4.79 Å². The first-order valence-electron chi connectivity index (χ1n) is 8.36. The summed E-state index contributed by atoms with van der Waals surface area (Å²) in [5.74, 6) is -0.0417. The average Bonchev–Trinajstić information content (AvgIpc) is 3.08. The molecule has 1 N–H and O–H groups in total. The molecule has 0 spiro atoms. The summed E-state index contributed by atoms with van der Waals surface area (Å²) in [6.07, 6.45) is 3.11. The summed E-state index contributed by atoms with van der Waals surface area (Å²) in [4.78, 5) is 23.1. The highest BCUT2D eigenvalue weighted by Crippen LogP contribution is 2.24. The maximum atomic E-state index is 13.1. The number of aromatic nitrogens is 4. The molecule has 1 aliphatic heterocycles. The summed E-state index contributed by atoms with van der Waals surface area (Å²) in [5, 5.41) is 7.82. The van der Waals surface area contributed by atoms with E-state index >= 15 is 0 Å². The Morgan fingerprint density at radius 1 is 1.30 bits per heavy atom.